The zero-order chi connectivity index (χ0) is 25.3. The third-order valence-corrected chi connectivity index (χ3v) is 9.62. The van der Waals surface area contributed by atoms with Crippen LogP contribution in [0, 0.1) is 41.2 Å². The molecule has 200 valence electrons. The van der Waals surface area contributed by atoms with Crippen molar-refractivity contribution in [2.24, 2.45) is 29.6 Å². The highest BCUT2D eigenvalue weighted by molar-refractivity contribution is 5.67. The van der Waals surface area contributed by atoms with Gasteiger partial charge in [-0.1, -0.05) is 44.4 Å². The molecule has 2 fully saturated rings. The maximum Gasteiger partial charge on any atom is 0.201 e. The van der Waals surface area contributed by atoms with Gasteiger partial charge in [-0.2, -0.15) is 4.39 Å². The van der Waals surface area contributed by atoms with E-state index in [1.807, 2.05) is 0 Å². The molecule has 0 N–H and O–H groups in total. The van der Waals surface area contributed by atoms with Crippen LogP contribution in [0.25, 0.3) is 5.57 Å². The topological polar surface area (TPSA) is 9.23 Å². The highest BCUT2D eigenvalue weighted by Crippen LogP contribution is 2.46. The molecule has 1 nitrogen and oxygen atoms in total. The van der Waals surface area contributed by atoms with Gasteiger partial charge in [0.1, 0.15) is 0 Å². The molecule has 1 aromatic rings. The van der Waals surface area contributed by atoms with Crippen molar-refractivity contribution in [3.63, 3.8) is 0 Å². The van der Waals surface area contributed by atoms with E-state index < -0.39 is 11.6 Å². The highest BCUT2D eigenvalue weighted by Gasteiger charge is 2.34. The Morgan fingerprint density at radius 3 is 2.14 bits per heavy atom. The van der Waals surface area contributed by atoms with Gasteiger partial charge in [-0.3, -0.25) is 0 Å². The summed E-state index contributed by atoms with van der Waals surface area (Å²) in [5.41, 5.74) is 1.40. The van der Waals surface area contributed by atoms with Crippen LogP contribution in [0.15, 0.2) is 30.4 Å². The van der Waals surface area contributed by atoms with Crippen LogP contribution in [-0.4, -0.2) is 6.61 Å². The zero-order valence-electron chi connectivity index (χ0n) is 22.8. The normalized spacial score (nSPS) is 29.3. The molecule has 0 aliphatic heterocycles. The number of unbranched alkanes of at least 4 members (excludes halogenated alkanes) is 1. The van der Waals surface area contributed by atoms with E-state index in [0.29, 0.717) is 18.1 Å². The molecular formula is C33H48F2O. The van der Waals surface area contributed by atoms with Gasteiger partial charge in [0.25, 0.3) is 0 Å². The average Bonchev–Trinajstić information content (AvgIpc) is 2.92. The minimum atomic E-state index is -0.836. The maximum absolute atomic E-state index is 14.8. The summed E-state index contributed by atoms with van der Waals surface area (Å²) < 4.78 is 34.8. The molecule has 0 spiro atoms. The maximum atomic E-state index is 14.8. The Labute approximate surface area is 218 Å². The summed E-state index contributed by atoms with van der Waals surface area (Å²) in [5.74, 6) is 2.85. The van der Waals surface area contributed by atoms with E-state index in [1.54, 1.807) is 12.1 Å². The predicted octanol–water partition coefficient (Wildman–Crippen LogP) is 10.3. The fourth-order valence-corrected chi connectivity index (χ4v) is 7.28. The van der Waals surface area contributed by atoms with Crippen molar-refractivity contribution in [1.82, 2.24) is 0 Å². The third-order valence-electron chi connectivity index (χ3n) is 9.62. The van der Waals surface area contributed by atoms with Crippen molar-refractivity contribution in [2.75, 3.05) is 6.61 Å². The lowest BCUT2D eigenvalue weighted by Gasteiger charge is -2.40. The molecule has 0 amide bonds. The van der Waals surface area contributed by atoms with Crippen molar-refractivity contribution < 1.29 is 13.5 Å². The van der Waals surface area contributed by atoms with Gasteiger partial charge in [0.15, 0.2) is 11.6 Å². The van der Waals surface area contributed by atoms with Crippen molar-refractivity contribution in [3.8, 4) is 5.75 Å². The van der Waals surface area contributed by atoms with Gasteiger partial charge in [-0.05, 0) is 131 Å². The second-order valence-electron chi connectivity index (χ2n) is 11.8. The first-order valence-electron chi connectivity index (χ1n) is 15.0. The Morgan fingerprint density at radius 2 is 1.53 bits per heavy atom. The van der Waals surface area contributed by atoms with E-state index in [0.717, 1.165) is 61.3 Å². The number of hydrogen-bond acceptors (Lipinski definition) is 1. The van der Waals surface area contributed by atoms with Crippen LogP contribution in [0.3, 0.4) is 0 Å². The van der Waals surface area contributed by atoms with E-state index in [1.165, 1.54) is 64.2 Å². The lowest BCUT2D eigenvalue weighted by atomic mass is 9.65. The number of rotatable bonds is 10. The van der Waals surface area contributed by atoms with Gasteiger partial charge in [0, 0.05) is 5.56 Å². The Hall–Kier alpha value is -1.64. The lowest BCUT2D eigenvalue weighted by Crippen LogP contribution is -2.28. The molecule has 0 heterocycles. The number of ether oxygens (including phenoxy) is 1. The Kier molecular flexibility index (Phi) is 10.5. The minimum Gasteiger partial charge on any atom is -0.490 e. The molecule has 0 aromatic heterocycles. The first-order chi connectivity index (χ1) is 17.6. The van der Waals surface area contributed by atoms with Crippen LogP contribution < -0.4 is 4.74 Å². The average molecular weight is 499 g/mol. The van der Waals surface area contributed by atoms with Crippen LogP contribution in [0.5, 0.6) is 5.75 Å². The highest BCUT2D eigenvalue weighted by atomic mass is 19.2. The van der Waals surface area contributed by atoms with Crippen LogP contribution in [0.2, 0.25) is 0 Å². The first-order valence-corrected chi connectivity index (χ1v) is 15.0. The van der Waals surface area contributed by atoms with Gasteiger partial charge in [-0.15, -0.1) is 0 Å². The summed E-state index contributed by atoms with van der Waals surface area (Å²) in [5, 5.41) is 0. The molecule has 0 saturated heterocycles. The molecule has 3 aliphatic carbocycles. The van der Waals surface area contributed by atoms with Crippen LogP contribution in [0.1, 0.15) is 116 Å². The molecule has 1 aromatic carbocycles. The molecule has 0 bridgehead atoms. The fourth-order valence-electron chi connectivity index (χ4n) is 7.28. The van der Waals surface area contributed by atoms with E-state index in [2.05, 4.69) is 32.1 Å². The van der Waals surface area contributed by atoms with Crippen LogP contribution in [-0.2, 0) is 0 Å². The van der Waals surface area contributed by atoms with E-state index in [4.69, 9.17) is 4.74 Å². The molecule has 0 radical (unpaired) electrons. The third kappa shape index (κ3) is 7.01. The summed E-state index contributed by atoms with van der Waals surface area (Å²) in [6, 6.07) is 3.32. The zero-order valence-corrected chi connectivity index (χ0v) is 22.8. The number of hydrogen-bond donors (Lipinski definition) is 0. The largest absolute Gasteiger partial charge is 0.490 e. The van der Waals surface area contributed by atoms with Gasteiger partial charge in [0.2, 0.25) is 5.82 Å². The molecule has 2 saturated carbocycles. The van der Waals surface area contributed by atoms with Crippen LogP contribution in [0.4, 0.5) is 8.78 Å². The van der Waals surface area contributed by atoms with Crippen LogP contribution >= 0.6 is 0 Å². The quantitative estimate of drug-likeness (QED) is 0.230. The van der Waals surface area contributed by atoms with Crippen molar-refractivity contribution in [3.05, 3.63) is 47.6 Å². The predicted molar refractivity (Wildman–Crippen MR) is 147 cm³/mol. The molecule has 3 aliphatic rings. The number of halogens is 2. The van der Waals surface area contributed by atoms with E-state index >= 15 is 0 Å². The Balaban J connectivity index is 1.23. The van der Waals surface area contributed by atoms with Crippen molar-refractivity contribution in [1.29, 1.82) is 0 Å². The van der Waals surface area contributed by atoms with Gasteiger partial charge in [-0.25, -0.2) is 4.39 Å². The molecule has 1 atom stereocenters. The van der Waals surface area contributed by atoms with E-state index in [-0.39, 0.29) is 5.75 Å². The second kappa shape index (κ2) is 13.8. The van der Waals surface area contributed by atoms with Gasteiger partial charge in [0.05, 0.1) is 6.61 Å². The summed E-state index contributed by atoms with van der Waals surface area (Å²) in [6.07, 6.45) is 25.5. The Morgan fingerprint density at radius 1 is 0.861 bits per heavy atom. The molecule has 36 heavy (non-hydrogen) atoms. The van der Waals surface area contributed by atoms with Gasteiger partial charge >= 0.3 is 0 Å². The summed E-state index contributed by atoms with van der Waals surface area (Å²) in [6.45, 7) is 4.61. The molecule has 4 rings (SSSR count). The summed E-state index contributed by atoms with van der Waals surface area (Å²) in [7, 11) is 0. The fraction of sp³-hybridized carbons (Fsp3) is 0.697. The van der Waals surface area contributed by atoms with Gasteiger partial charge < -0.3 is 4.74 Å². The summed E-state index contributed by atoms with van der Waals surface area (Å²) in [4.78, 5) is 0. The molecule has 1 unspecified atom stereocenters. The lowest BCUT2D eigenvalue weighted by molar-refractivity contribution is 0.121. The SMILES string of the molecule is C/C=C/CCC1CCC(C2CCC(C3CC=C(c4ccc(OCCCC)c(F)c4F)CC3)CC2)CC1. The standard InChI is InChI=1S/C33H48F2O/c1-3-5-7-8-24-9-11-25(12-10-24)26-13-15-27(16-14-26)28-17-19-29(20-18-28)30-21-22-31(33(35)32(30)34)36-23-6-4-2/h3,5,19,21-22,24-28H,4,6-18,20,23H2,1-2H3/b5-3+. The summed E-state index contributed by atoms with van der Waals surface area (Å²) >= 11 is 0. The Bertz CT molecular complexity index is 872. The molecular weight excluding hydrogens is 450 g/mol. The van der Waals surface area contributed by atoms with E-state index in [9.17, 15) is 8.78 Å². The smallest absolute Gasteiger partial charge is 0.201 e. The molecule has 3 heteroatoms. The number of allylic oxidation sites excluding steroid dienone is 4. The monoisotopic (exact) mass is 498 g/mol. The number of benzene rings is 1. The second-order valence-corrected chi connectivity index (χ2v) is 11.8. The van der Waals surface area contributed by atoms with Crippen molar-refractivity contribution >= 4 is 5.57 Å². The minimum absolute atomic E-state index is 0.0397. The van der Waals surface area contributed by atoms with Crippen molar-refractivity contribution in [2.45, 2.75) is 110 Å². The first kappa shape index (κ1) is 27.4.